The molecule has 1 amide bonds. The van der Waals surface area contributed by atoms with Crippen molar-refractivity contribution in [2.24, 2.45) is 0 Å². The largest absolute Gasteiger partial charge is 0.381 e. The van der Waals surface area contributed by atoms with Crippen LogP contribution in [-0.2, 0) is 4.74 Å². The molecule has 0 bridgehead atoms. The minimum absolute atomic E-state index is 0.0989. The zero-order valence-corrected chi connectivity index (χ0v) is 12.3. The SMILES string of the molecule is O=C(NCCSC1CCOCC1)c1ccccc1Cl. The molecular formula is C14H18ClNO2S. The minimum Gasteiger partial charge on any atom is -0.381 e. The van der Waals surface area contributed by atoms with Gasteiger partial charge >= 0.3 is 0 Å². The van der Waals surface area contributed by atoms with Crippen molar-refractivity contribution < 1.29 is 9.53 Å². The van der Waals surface area contributed by atoms with Crippen molar-refractivity contribution in [3.8, 4) is 0 Å². The van der Waals surface area contributed by atoms with Crippen LogP contribution in [0.2, 0.25) is 5.02 Å². The number of hydrogen-bond donors (Lipinski definition) is 1. The smallest absolute Gasteiger partial charge is 0.252 e. The van der Waals surface area contributed by atoms with Crippen LogP contribution in [0.15, 0.2) is 24.3 Å². The van der Waals surface area contributed by atoms with Crippen LogP contribution in [-0.4, -0.2) is 36.7 Å². The maximum absolute atomic E-state index is 11.9. The molecule has 0 aromatic heterocycles. The average molecular weight is 300 g/mol. The third kappa shape index (κ3) is 4.71. The van der Waals surface area contributed by atoms with E-state index in [9.17, 15) is 4.79 Å². The number of benzene rings is 1. The lowest BCUT2D eigenvalue weighted by Gasteiger charge is -2.21. The Kier molecular flexibility index (Phi) is 6.01. The summed E-state index contributed by atoms with van der Waals surface area (Å²) in [6.45, 7) is 2.40. The molecule has 0 atom stereocenters. The Bertz CT molecular complexity index is 422. The van der Waals surface area contributed by atoms with E-state index in [1.165, 1.54) is 0 Å². The lowest BCUT2D eigenvalue weighted by atomic mass is 10.2. The molecule has 0 radical (unpaired) electrons. The Morgan fingerprint density at radius 2 is 2.11 bits per heavy atom. The summed E-state index contributed by atoms with van der Waals surface area (Å²) in [6.07, 6.45) is 2.23. The molecule has 5 heteroatoms. The van der Waals surface area contributed by atoms with E-state index in [-0.39, 0.29) is 5.91 Å². The molecule has 1 saturated heterocycles. The van der Waals surface area contributed by atoms with Crippen LogP contribution in [0.5, 0.6) is 0 Å². The summed E-state index contributed by atoms with van der Waals surface area (Å²) in [4.78, 5) is 11.9. The van der Waals surface area contributed by atoms with Gasteiger partial charge in [0.05, 0.1) is 10.6 Å². The molecule has 19 heavy (non-hydrogen) atoms. The first kappa shape index (κ1) is 14.7. The fourth-order valence-corrected chi connectivity index (χ4v) is 3.27. The number of ether oxygens (including phenoxy) is 1. The fourth-order valence-electron chi connectivity index (χ4n) is 1.97. The Labute approximate surface area is 123 Å². The van der Waals surface area contributed by atoms with Crippen LogP contribution in [0.25, 0.3) is 0 Å². The lowest BCUT2D eigenvalue weighted by molar-refractivity contribution is 0.0955. The van der Waals surface area contributed by atoms with Gasteiger partial charge in [0.15, 0.2) is 0 Å². The zero-order chi connectivity index (χ0) is 13.5. The highest BCUT2D eigenvalue weighted by atomic mass is 35.5. The lowest BCUT2D eigenvalue weighted by Crippen LogP contribution is -2.27. The van der Waals surface area contributed by atoms with Crippen LogP contribution in [0, 0.1) is 0 Å². The molecule has 1 heterocycles. The van der Waals surface area contributed by atoms with Crippen molar-refractivity contribution in [2.45, 2.75) is 18.1 Å². The highest BCUT2D eigenvalue weighted by Gasteiger charge is 2.14. The first-order valence-electron chi connectivity index (χ1n) is 6.49. The van der Waals surface area contributed by atoms with Crippen LogP contribution < -0.4 is 5.32 Å². The van der Waals surface area contributed by atoms with Gasteiger partial charge in [-0.05, 0) is 25.0 Å². The normalized spacial score (nSPS) is 16.3. The van der Waals surface area contributed by atoms with Gasteiger partial charge in [0, 0.05) is 30.8 Å². The van der Waals surface area contributed by atoms with Crippen LogP contribution in [0.1, 0.15) is 23.2 Å². The second kappa shape index (κ2) is 7.78. The summed E-state index contributed by atoms with van der Waals surface area (Å²) in [6, 6.07) is 7.11. The maximum Gasteiger partial charge on any atom is 0.252 e. The molecule has 1 N–H and O–H groups in total. The summed E-state index contributed by atoms with van der Waals surface area (Å²) < 4.78 is 5.32. The number of thioether (sulfide) groups is 1. The third-order valence-electron chi connectivity index (χ3n) is 3.03. The number of rotatable bonds is 5. The Morgan fingerprint density at radius 3 is 2.84 bits per heavy atom. The Balaban J connectivity index is 1.68. The molecule has 3 nitrogen and oxygen atoms in total. The van der Waals surface area contributed by atoms with Gasteiger partial charge in [0.25, 0.3) is 5.91 Å². The van der Waals surface area contributed by atoms with Crippen molar-refractivity contribution in [3.63, 3.8) is 0 Å². The van der Waals surface area contributed by atoms with Gasteiger partial charge in [0.2, 0.25) is 0 Å². The summed E-state index contributed by atoms with van der Waals surface area (Å²) in [5.41, 5.74) is 0.542. The number of carbonyl (C=O) groups excluding carboxylic acids is 1. The second-order valence-electron chi connectivity index (χ2n) is 4.42. The van der Waals surface area contributed by atoms with Crippen molar-refractivity contribution in [1.29, 1.82) is 0 Å². The van der Waals surface area contributed by atoms with Gasteiger partial charge in [-0.25, -0.2) is 0 Å². The Hall–Kier alpha value is -0.710. The molecule has 2 rings (SSSR count). The monoisotopic (exact) mass is 299 g/mol. The number of carbonyl (C=O) groups is 1. The molecule has 1 aliphatic heterocycles. The molecule has 0 spiro atoms. The predicted octanol–water partition coefficient (Wildman–Crippen LogP) is 2.98. The van der Waals surface area contributed by atoms with Crippen LogP contribution >= 0.6 is 23.4 Å². The first-order valence-corrected chi connectivity index (χ1v) is 7.92. The molecule has 0 unspecified atom stereocenters. The topological polar surface area (TPSA) is 38.3 Å². The van der Waals surface area contributed by atoms with Gasteiger partial charge in [-0.3, -0.25) is 4.79 Å². The van der Waals surface area contributed by atoms with E-state index in [1.54, 1.807) is 12.1 Å². The van der Waals surface area contributed by atoms with Gasteiger partial charge in [-0.2, -0.15) is 11.8 Å². The van der Waals surface area contributed by atoms with E-state index >= 15 is 0 Å². The molecule has 1 aromatic carbocycles. The fraction of sp³-hybridized carbons (Fsp3) is 0.500. The van der Waals surface area contributed by atoms with Crippen LogP contribution in [0.3, 0.4) is 0 Å². The highest BCUT2D eigenvalue weighted by molar-refractivity contribution is 7.99. The third-order valence-corrected chi connectivity index (χ3v) is 4.74. The first-order chi connectivity index (χ1) is 9.27. The molecule has 1 fully saturated rings. The van der Waals surface area contributed by atoms with E-state index in [4.69, 9.17) is 16.3 Å². The minimum atomic E-state index is -0.0989. The molecule has 104 valence electrons. The number of amides is 1. The van der Waals surface area contributed by atoms with Crippen molar-refractivity contribution in [2.75, 3.05) is 25.5 Å². The molecule has 0 aliphatic carbocycles. The van der Waals surface area contributed by atoms with E-state index < -0.39 is 0 Å². The summed E-state index contributed by atoms with van der Waals surface area (Å²) in [5, 5.41) is 4.07. The van der Waals surface area contributed by atoms with Gasteiger partial charge in [-0.15, -0.1) is 0 Å². The predicted molar refractivity (Wildman–Crippen MR) is 80.1 cm³/mol. The van der Waals surface area contributed by atoms with Crippen molar-refractivity contribution >= 4 is 29.3 Å². The second-order valence-corrected chi connectivity index (χ2v) is 6.23. The van der Waals surface area contributed by atoms with E-state index in [2.05, 4.69) is 5.32 Å². The standard InChI is InChI=1S/C14H18ClNO2S/c15-13-4-2-1-3-12(13)14(17)16-7-10-19-11-5-8-18-9-6-11/h1-4,11H,5-10H2,(H,16,17). The Morgan fingerprint density at radius 1 is 1.37 bits per heavy atom. The van der Waals surface area contributed by atoms with E-state index in [1.807, 2.05) is 23.9 Å². The zero-order valence-electron chi connectivity index (χ0n) is 10.7. The number of halogens is 1. The van der Waals surface area contributed by atoms with Gasteiger partial charge in [0.1, 0.15) is 0 Å². The van der Waals surface area contributed by atoms with Crippen molar-refractivity contribution in [3.05, 3.63) is 34.9 Å². The number of hydrogen-bond acceptors (Lipinski definition) is 3. The molecule has 1 aliphatic rings. The number of nitrogens with one attached hydrogen (secondary N) is 1. The molecular weight excluding hydrogens is 282 g/mol. The quantitative estimate of drug-likeness (QED) is 0.850. The highest BCUT2D eigenvalue weighted by Crippen LogP contribution is 2.21. The maximum atomic E-state index is 11.9. The van der Waals surface area contributed by atoms with E-state index in [0.717, 1.165) is 31.8 Å². The van der Waals surface area contributed by atoms with E-state index in [0.29, 0.717) is 22.4 Å². The van der Waals surface area contributed by atoms with Crippen LogP contribution in [0.4, 0.5) is 0 Å². The average Bonchev–Trinajstić information content (AvgIpc) is 2.45. The van der Waals surface area contributed by atoms with Gasteiger partial charge in [-0.1, -0.05) is 23.7 Å². The molecule has 1 aromatic rings. The summed E-state index contributed by atoms with van der Waals surface area (Å²) >= 11 is 7.88. The summed E-state index contributed by atoms with van der Waals surface area (Å²) in [7, 11) is 0. The van der Waals surface area contributed by atoms with Gasteiger partial charge < -0.3 is 10.1 Å². The molecule has 0 saturated carbocycles. The summed E-state index contributed by atoms with van der Waals surface area (Å²) in [5.74, 6) is 0.832. The van der Waals surface area contributed by atoms with Crippen molar-refractivity contribution in [1.82, 2.24) is 5.32 Å².